The van der Waals surface area contributed by atoms with Gasteiger partial charge >= 0.3 is 0 Å². The summed E-state index contributed by atoms with van der Waals surface area (Å²) in [5.41, 5.74) is 9.46. The quantitative estimate of drug-likeness (QED) is 0.641. The van der Waals surface area contributed by atoms with E-state index >= 15 is 0 Å². The monoisotopic (exact) mass is 460 g/mol. The minimum atomic E-state index is -0.0155. The molecular formula is C21H31Cl3N4O. The zero-order valence-corrected chi connectivity index (χ0v) is 19.1. The number of hydrogen-bond acceptors (Lipinski definition) is 4. The van der Waals surface area contributed by atoms with Crippen LogP contribution in [0.3, 0.4) is 0 Å². The van der Waals surface area contributed by atoms with Gasteiger partial charge < -0.3 is 16.0 Å². The van der Waals surface area contributed by atoms with Crippen LogP contribution in [0.4, 0.5) is 11.4 Å². The molecule has 1 aliphatic heterocycles. The minimum absolute atomic E-state index is 0. The molecule has 162 valence electrons. The fourth-order valence-electron chi connectivity index (χ4n) is 3.24. The summed E-state index contributed by atoms with van der Waals surface area (Å²) in [7, 11) is 0. The molecule has 2 aromatic rings. The number of nitrogens with two attached hydrogens (primary N) is 1. The molecule has 3 N–H and O–H groups in total. The van der Waals surface area contributed by atoms with Crippen molar-refractivity contribution >= 4 is 54.5 Å². The first kappa shape index (κ1) is 27.5. The Morgan fingerprint density at radius 3 is 1.93 bits per heavy atom. The molecular weight excluding hydrogens is 431 g/mol. The predicted molar refractivity (Wildman–Crippen MR) is 129 cm³/mol. The fourth-order valence-corrected chi connectivity index (χ4v) is 3.24. The highest BCUT2D eigenvalue weighted by Crippen LogP contribution is 2.14. The van der Waals surface area contributed by atoms with Crippen molar-refractivity contribution in [3.05, 3.63) is 59.7 Å². The number of nitrogen functional groups attached to an aromatic ring is 1. The number of hydrogen-bond donors (Lipinski definition) is 2. The molecule has 29 heavy (non-hydrogen) atoms. The van der Waals surface area contributed by atoms with Crippen LogP contribution in [0.5, 0.6) is 0 Å². The van der Waals surface area contributed by atoms with Crippen molar-refractivity contribution in [3.8, 4) is 0 Å². The number of anilines is 2. The molecule has 0 bridgehead atoms. The summed E-state index contributed by atoms with van der Waals surface area (Å²) in [5, 5.41) is 2.96. The number of carbonyl (C=O) groups excluding carboxylic acids is 1. The zero-order valence-electron chi connectivity index (χ0n) is 16.7. The van der Waals surface area contributed by atoms with Gasteiger partial charge in [0.15, 0.2) is 0 Å². The molecule has 3 rings (SSSR count). The van der Waals surface area contributed by atoms with E-state index in [1.54, 1.807) is 0 Å². The number of carbonyl (C=O) groups is 1. The molecule has 1 heterocycles. The van der Waals surface area contributed by atoms with Crippen LogP contribution in [0.2, 0.25) is 0 Å². The largest absolute Gasteiger partial charge is 0.399 e. The molecule has 5 nitrogen and oxygen atoms in total. The van der Waals surface area contributed by atoms with Crippen molar-refractivity contribution < 1.29 is 4.79 Å². The summed E-state index contributed by atoms with van der Waals surface area (Å²) in [5.74, 6) is -0.0155. The standard InChI is InChI=1S/C21H28N4O.3ClH/c1-2-24-11-13-25(14-12-24)16-18-5-9-20(10-6-18)23-21(26)15-17-3-7-19(22)8-4-17;;;/h3-10H,2,11-16,22H2,1H3,(H,23,26);3*1H. The Hall–Kier alpha value is -1.50. The maximum atomic E-state index is 12.2. The first-order valence-corrected chi connectivity index (χ1v) is 9.30. The van der Waals surface area contributed by atoms with E-state index in [-0.39, 0.29) is 43.1 Å². The van der Waals surface area contributed by atoms with Gasteiger partial charge in [0.05, 0.1) is 6.42 Å². The Kier molecular flexibility index (Phi) is 13.0. The van der Waals surface area contributed by atoms with Gasteiger partial charge in [-0.2, -0.15) is 0 Å². The lowest BCUT2D eigenvalue weighted by molar-refractivity contribution is -0.115. The molecule has 1 aliphatic rings. The van der Waals surface area contributed by atoms with E-state index in [0.717, 1.165) is 50.5 Å². The second kappa shape index (κ2) is 13.7. The van der Waals surface area contributed by atoms with Crippen molar-refractivity contribution in [2.45, 2.75) is 19.9 Å². The number of nitrogens with one attached hydrogen (secondary N) is 1. The van der Waals surface area contributed by atoms with E-state index in [1.165, 1.54) is 5.56 Å². The molecule has 0 radical (unpaired) electrons. The van der Waals surface area contributed by atoms with Gasteiger partial charge in [-0.3, -0.25) is 9.69 Å². The van der Waals surface area contributed by atoms with Gasteiger partial charge in [-0.25, -0.2) is 0 Å². The Bertz CT molecular complexity index is 718. The lowest BCUT2D eigenvalue weighted by Gasteiger charge is -2.34. The van der Waals surface area contributed by atoms with Gasteiger partial charge in [0, 0.05) is 44.1 Å². The Morgan fingerprint density at radius 2 is 1.38 bits per heavy atom. The van der Waals surface area contributed by atoms with Crippen LogP contribution in [-0.2, 0) is 17.8 Å². The number of likely N-dealkylation sites (N-methyl/N-ethyl adjacent to an activating group) is 1. The van der Waals surface area contributed by atoms with Crippen molar-refractivity contribution in [1.29, 1.82) is 0 Å². The number of benzene rings is 2. The third kappa shape index (κ3) is 8.81. The summed E-state index contributed by atoms with van der Waals surface area (Å²) in [4.78, 5) is 17.1. The molecule has 1 fully saturated rings. The second-order valence-corrected chi connectivity index (χ2v) is 6.87. The molecule has 1 saturated heterocycles. The molecule has 0 saturated carbocycles. The van der Waals surface area contributed by atoms with Gasteiger partial charge in [-0.05, 0) is 41.9 Å². The van der Waals surface area contributed by atoms with Crippen LogP contribution in [0.1, 0.15) is 18.1 Å². The van der Waals surface area contributed by atoms with Crippen LogP contribution >= 0.6 is 37.2 Å². The maximum absolute atomic E-state index is 12.2. The number of rotatable bonds is 6. The van der Waals surface area contributed by atoms with Crippen molar-refractivity contribution in [3.63, 3.8) is 0 Å². The summed E-state index contributed by atoms with van der Waals surface area (Å²) in [6.07, 6.45) is 0.351. The van der Waals surface area contributed by atoms with Crippen LogP contribution in [0.15, 0.2) is 48.5 Å². The van der Waals surface area contributed by atoms with Crippen LogP contribution in [0, 0.1) is 0 Å². The number of amides is 1. The lowest BCUT2D eigenvalue weighted by Crippen LogP contribution is -2.45. The van der Waals surface area contributed by atoms with Crippen LogP contribution < -0.4 is 11.1 Å². The molecule has 0 spiro atoms. The van der Waals surface area contributed by atoms with Gasteiger partial charge in [0.2, 0.25) is 5.91 Å². The summed E-state index contributed by atoms with van der Waals surface area (Å²) >= 11 is 0. The van der Waals surface area contributed by atoms with E-state index in [1.807, 2.05) is 36.4 Å². The highest BCUT2D eigenvalue weighted by Gasteiger charge is 2.15. The van der Waals surface area contributed by atoms with E-state index in [2.05, 4.69) is 34.2 Å². The smallest absolute Gasteiger partial charge is 0.228 e. The molecule has 0 aliphatic carbocycles. The highest BCUT2D eigenvalue weighted by molar-refractivity contribution is 5.92. The van der Waals surface area contributed by atoms with Crippen molar-refractivity contribution in [1.82, 2.24) is 9.80 Å². The van der Waals surface area contributed by atoms with Crippen molar-refractivity contribution in [2.75, 3.05) is 43.8 Å². The number of piperazine rings is 1. The Balaban J connectivity index is 0.00000261. The summed E-state index contributed by atoms with van der Waals surface area (Å²) < 4.78 is 0. The summed E-state index contributed by atoms with van der Waals surface area (Å²) in [6, 6.07) is 15.6. The van der Waals surface area contributed by atoms with E-state index in [9.17, 15) is 4.79 Å². The third-order valence-corrected chi connectivity index (χ3v) is 4.90. The van der Waals surface area contributed by atoms with E-state index in [0.29, 0.717) is 12.1 Å². The first-order valence-electron chi connectivity index (χ1n) is 9.30. The van der Waals surface area contributed by atoms with Gasteiger partial charge in [0.25, 0.3) is 0 Å². The van der Waals surface area contributed by atoms with Crippen molar-refractivity contribution in [2.24, 2.45) is 0 Å². The molecule has 8 heteroatoms. The molecule has 0 unspecified atom stereocenters. The van der Waals surface area contributed by atoms with Crippen LogP contribution in [-0.4, -0.2) is 48.4 Å². The lowest BCUT2D eigenvalue weighted by atomic mass is 10.1. The molecule has 1 amide bonds. The SMILES string of the molecule is CCN1CCN(Cc2ccc(NC(=O)Cc3ccc(N)cc3)cc2)CC1.Cl.Cl.Cl. The number of nitrogens with zero attached hydrogens (tertiary/aromatic N) is 2. The van der Waals surface area contributed by atoms with Gasteiger partial charge in [-0.1, -0.05) is 31.2 Å². The zero-order chi connectivity index (χ0) is 18.4. The second-order valence-electron chi connectivity index (χ2n) is 6.87. The number of halogens is 3. The Labute approximate surface area is 192 Å². The third-order valence-electron chi connectivity index (χ3n) is 4.90. The predicted octanol–water partition coefficient (Wildman–Crippen LogP) is 3.85. The Morgan fingerprint density at radius 1 is 0.862 bits per heavy atom. The topological polar surface area (TPSA) is 61.6 Å². The fraction of sp³-hybridized carbons (Fsp3) is 0.381. The molecule has 2 aromatic carbocycles. The van der Waals surface area contributed by atoms with Gasteiger partial charge in [0.1, 0.15) is 0 Å². The maximum Gasteiger partial charge on any atom is 0.228 e. The average molecular weight is 462 g/mol. The normalized spacial score (nSPS) is 14.1. The van der Waals surface area contributed by atoms with E-state index < -0.39 is 0 Å². The van der Waals surface area contributed by atoms with E-state index in [4.69, 9.17) is 5.73 Å². The summed E-state index contributed by atoms with van der Waals surface area (Å²) in [6.45, 7) is 8.86. The molecule has 0 aromatic heterocycles. The van der Waals surface area contributed by atoms with Gasteiger partial charge in [-0.15, -0.1) is 37.2 Å². The average Bonchev–Trinajstić information content (AvgIpc) is 2.66. The highest BCUT2D eigenvalue weighted by atomic mass is 35.5. The minimum Gasteiger partial charge on any atom is -0.399 e. The van der Waals surface area contributed by atoms with Crippen LogP contribution in [0.25, 0.3) is 0 Å². The molecule has 0 atom stereocenters. The first-order chi connectivity index (χ1) is 12.6.